The van der Waals surface area contributed by atoms with Gasteiger partial charge in [0.05, 0.1) is 11.6 Å². The van der Waals surface area contributed by atoms with Crippen molar-refractivity contribution in [1.82, 2.24) is 10.3 Å². The first-order valence-electron chi connectivity index (χ1n) is 12.3. The van der Waals surface area contributed by atoms with E-state index in [0.717, 1.165) is 40.9 Å². The number of aromatic nitrogens is 1. The van der Waals surface area contributed by atoms with E-state index < -0.39 is 6.10 Å². The SMILES string of the molecule is O=c1ccc2c([C@H](O)CNC3Cc4cc5c(cc4C3)OCCO5)ccc(OCc3ccccc3)c2[nH]1. The lowest BCUT2D eigenvalue weighted by molar-refractivity contribution is 0.171. The normalized spacial score (nSPS) is 15.6. The molecule has 1 aromatic heterocycles. The molecule has 0 amide bonds. The van der Waals surface area contributed by atoms with Crippen molar-refractivity contribution in [3.8, 4) is 17.2 Å². The Hall–Kier alpha value is -3.81. The first-order valence-corrected chi connectivity index (χ1v) is 12.3. The van der Waals surface area contributed by atoms with Crippen LogP contribution in [-0.2, 0) is 19.4 Å². The van der Waals surface area contributed by atoms with Crippen molar-refractivity contribution >= 4 is 10.9 Å². The Balaban J connectivity index is 1.16. The number of ether oxygens (including phenoxy) is 3. The molecular formula is C29H28N2O5. The Morgan fingerprint density at radius 1 is 0.972 bits per heavy atom. The molecule has 0 spiro atoms. The summed E-state index contributed by atoms with van der Waals surface area (Å²) in [6, 6.07) is 21.2. The number of hydrogen-bond donors (Lipinski definition) is 3. The van der Waals surface area contributed by atoms with Crippen molar-refractivity contribution in [1.29, 1.82) is 0 Å². The van der Waals surface area contributed by atoms with Gasteiger partial charge in [0.1, 0.15) is 25.6 Å². The van der Waals surface area contributed by atoms with E-state index in [0.29, 0.717) is 37.6 Å². The number of benzene rings is 3. The van der Waals surface area contributed by atoms with Gasteiger partial charge < -0.3 is 29.6 Å². The van der Waals surface area contributed by atoms with Crippen molar-refractivity contribution in [2.75, 3.05) is 19.8 Å². The third-order valence-corrected chi connectivity index (χ3v) is 6.88. The molecule has 3 aromatic carbocycles. The predicted octanol–water partition coefficient (Wildman–Crippen LogP) is 3.67. The number of nitrogens with one attached hydrogen (secondary N) is 2. The van der Waals surface area contributed by atoms with Gasteiger partial charge in [0.25, 0.3) is 0 Å². The summed E-state index contributed by atoms with van der Waals surface area (Å²) in [7, 11) is 0. The first-order chi connectivity index (χ1) is 17.6. The molecule has 1 atom stereocenters. The average molecular weight is 485 g/mol. The molecule has 4 aromatic rings. The molecule has 6 rings (SSSR count). The van der Waals surface area contributed by atoms with Crippen molar-refractivity contribution in [2.45, 2.75) is 31.6 Å². The van der Waals surface area contributed by atoms with E-state index in [-0.39, 0.29) is 11.6 Å². The smallest absolute Gasteiger partial charge is 0.248 e. The average Bonchev–Trinajstić information content (AvgIpc) is 3.31. The highest BCUT2D eigenvalue weighted by molar-refractivity contribution is 5.87. The molecule has 0 unspecified atom stereocenters. The second-order valence-electron chi connectivity index (χ2n) is 9.33. The van der Waals surface area contributed by atoms with Crippen LogP contribution in [0.5, 0.6) is 17.2 Å². The lowest BCUT2D eigenvalue weighted by Gasteiger charge is -2.19. The topological polar surface area (TPSA) is 92.8 Å². The number of aliphatic hydroxyl groups excluding tert-OH is 1. The summed E-state index contributed by atoms with van der Waals surface area (Å²) in [5, 5.41) is 15.4. The van der Waals surface area contributed by atoms with Crippen LogP contribution in [0, 0.1) is 0 Å². The summed E-state index contributed by atoms with van der Waals surface area (Å²) in [5.41, 5.74) is 4.68. The zero-order chi connectivity index (χ0) is 24.5. The van der Waals surface area contributed by atoms with Gasteiger partial charge in [0.2, 0.25) is 5.56 Å². The number of fused-ring (bicyclic) bond motifs is 3. The van der Waals surface area contributed by atoms with E-state index in [9.17, 15) is 9.90 Å². The first kappa shape index (κ1) is 22.6. The largest absolute Gasteiger partial charge is 0.487 e. The second-order valence-corrected chi connectivity index (χ2v) is 9.33. The minimum Gasteiger partial charge on any atom is -0.487 e. The Morgan fingerprint density at radius 2 is 1.69 bits per heavy atom. The van der Waals surface area contributed by atoms with E-state index in [1.54, 1.807) is 6.07 Å². The minimum atomic E-state index is -0.745. The molecular weight excluding hydrogens is 456 g/mol. The van der Waals surface area contributed by atoms with Gasteiger partial charge in [-0.3, -0.25) is 4.79 Å². The predicted molar refractivity (Wildman–Crippen MR) is 137 cm³/mol. The van der Waals surface area contributed by atoms with Gasteiger partial charge in [-0.25, -0.2) is 0 Å². The van der Waals surface area contributed by atoms with Gasteiger partial charge in [0, 0.05) is 24.0 Å². The zero-order valence-corrected chi connectivity index (χ0v) is 19.8. The summed E-state index contributed by atoms with van der Waals surface area (Å²) in [6.07, 6.45) is 1.00. The third-order valence-electron chi connectivity index (χ3n) is 6.88. The summed E-state index contributed by atoms with van der Waals surface area (Å²) in [4.78, 5) is 15.0. The fourth-order valence-electron chi connectivity index (χ4n) is 5.08. The van der Waals surface area contributed by atoms with Crippen LogP contribution in [-0.4, -0.2) is 35.9 Å². The maximum atomic E-state index is 12.1. The molecule has 7 heteroatoms. The van der Waals surface area contributed by atoms with E-state index in [4.69, 9.17) is 14.2 Å². The molecule has 2 aliphatic rings. The van der Waals surface area contributed by atoms with Gasteiger partial charge >= 0.3 is 0 Å². The van der Waals surface area contributed by atoms with Crippen LogP contribution in [0.3, 0.4) is 0 Å². The van der Waals surface area contributed by atoms with E-state index in [1.165, 1.54) is 17.2 Å². The molecule has 0 bridgehead atoms. The molecule has 1 aliphatic carbocycles. The van der Waals surface area contributed by atoms with Gasteiger partial charge in [-0.15, -0.1) is 0 Å². The molecule has 36 heavy (non-hydrogen) atoms. The maximum absolute atomic E-state index is 12.1. The fraction of sp³-hybridized carbons (Fsp3) is 0.276. The van der Waals surface area contributed by atoms with E-state index >= 15 is 0 Å². The quantitative estimate of drug-likeness (QED) is 0.371. The van der Waals surface area contributed by atoms with Crippen molar-refractivity contribution in [3.05, 3.63) is 99.3 Å². The van der Waals surface area contributed by atoms with Crippen LogP contribution >= 0.6 is 0 Å². The van der Waals surface area contributed by atoms with Crippen molar-refractivity contribution in [2.24, 2.45) is 0 Å². The second kappa shape index (κ2) is 9.68. The third kappa shape index (κ3) is 4.55. The van der Waals surface area contributed by atoms with Gasteiger partial charge in [-0.2, -0.15) is 0 Å². The maximum Gasteiger partial charge on any atom is 0.248 e. The van der Waals surface area contributed by atoms with Crippen molar-refractivity contribution in [3.63, 3.8) is 0 Å². The number of pyridine rings is 1. The summed E-state index contributed by atoms with van der Waals surface area (Å²) < 4.78 is 17.5. The molecule has 0 fully saturated rings. The lowest BCUT2D eigenvalue weighted by Crippen LogP contribution is -2.33. The molecule has 184 valence electrons. The van der Waals surface area contributed by atoms with E-state index in [1.807, 2.05) is 42.5 Å². The van der Waals surface area contributed by atoms with Crippen LogP contribution in [0.1, 0.15) is 28.4 Å². The Kier molecular flexibility index (Phi) is 6.09. The zero-order valence-electron chi connectivity index (χ0n) is 19.8. The Morgan fingerprint density at radius 3 is 2.42 bits per heavy atom. The summed E-state index contributed by atoms with van der Waals surface area (Å²) >= 11 is 0. The van der Waals surface area contributed by atoms with Crippen LogP contribution < -0.4 is 25.1 Å². The molecule has 0 saturated carbocycles. The Bertz CT molecular complexity index is 1410. The van der Waals surface area contributed by atoms with Crippen molar-refractivity contribution < 1.29 is 19.3 Å². The molecule has 0 saturated heterocycles. The highest BCUT2D eigenvalue weighted by Gasteiger charge is 2.26. The van der Waals surface area contributed by atoms with E-state index in [2.05, 4.69) is 22.4 Å². The molecule has 2 heterocycles. The van der Waals surface area contributed by atoms with Crippen LogP contribution in [0.15, 0.2) is 71.5 Å². The minimum absolute atomic E-state index is 0.212. The number of H-pyrrole nitrogens is 1. The number of hydrogen-bond acceptors (Lipinski definition) is 6. The number of rotatable bonds is 7. The molecule has 1 aliphatic heterocycles. The molecule has 0 radical (unpaired) electrons. The highest BCUT2D eigenvalue weighted by atomic mass is 16.6. The molecule has 3 N–H and O–H groups in total. The summed E-state index contributed by atoms with van der Waals surface area (Å²) in [5.74, 6) is 2.21. The number of aromatic amines is 1. The Labute approximate surface area is 208 Å². The van der Waals surface area contributed by atoms with Gasteiger partial charge in [0.15, 0.2) is 11.5 Å². The molecule has 7 nitrogen and oxygen atoms in total. The standard InChI is InChI=1S/C29H28N2O5/c32-24(16-30-21-12-19-14-26-27(15-20(19)13-21)35-11-10-34-26)22-6-8-25(29-23(22)7-9-28(33)31-29)36-17-18-4-2-1-3-5-18/h1-9,14-15,21,24,30,32H,10-13,16-17H2,(H,31,33)/t24-/m1/s1. The van der Waals surface area contributed by atoms with Crippen LogP contribution in [0.2, 0.25) is 0 Å². The number of aliphatic hydroxyl groups is 1. The fourth-order valence-corrected chi connectivity index (χ4v) is 5.08. The lowest BCUT2D eigenvalue weighted by atomic mass is 10.0. The summed E-state index contributed by atoms with van der Waals surface area (Å²) in [6.45, 7) is 1.94. The highest BCUT2D eigenvalue weighted by Crippen LogP contribution is 2.37. The van der Waals surface area contributed by atoms with Crippen LogP contribution in [0.4, 0.5) is 0 Å². The monoisotopic (exact) mass is 484 g/mol. The van der Waals surface area contributed by atoms with Gasteiger partial charge in [-0.05, 0) is 59.4 Å². The van der Waals surface area contributed by atoms with Crippen LogP contribution in [0.25, 0.3) is 10.9 Å². The van der Waals surface area contributed by atoms with Gasteiger partial charge in [-0.1, -0.05) is 36.4 Å².